The van der Waals surface area contributed by atoms with Gasteiger partial charge in [-0.05, 0) is 5.56 Å². The average Bonchev–Trinajstić information content (AvgIpc) is 2.74. The quantitative estimate of drug-likeness (QED) is 0.755. The average molecular weight is 218 g/mol. The molecule has 1 heterocycles. The first kappa shape index (κ1) is 10.4. The maximum atomic E-state index is 11.4. The molecule has 82 valence electrons. The van der Waals surface area contributed by atoms with Crippen molar-refractivity contribution in [1.82, 2.24) is 5.43 Å². The largest absolute Gasteiger partial charge is 0.456 e. The minimum Gasteiger partial charge on any atom is -0.456 e. The number of carbonyl (C=O) groups is 2. The van der Waals surface area contributed by atoms with E-state index in [9.17, 15) is 9.59 Å². The van der Waals surface area contributed by atoms with Crippen LogP contribution in [0, 0.1) is 0 Å². The van der Waals surface area contributed by atoms with Crippen molar-refractivity contribution in [3.63, 3.8) is 0 Å². The molecule has 0 saturated heterocycles. The first-order valence-corrected chi connectivity index (χ1v) is 4.82. The minimum absolute atomic E-state index is 0.00633. The number of amides is 1. The predicted molar refractivity (Wildman–Crippen MR) is 56.4 cm³/mol. The third-order valence-corrected chi connectivity index (χ3v) is 2.09. The number of hydrazone groups is 1. The van der Waals surface area contributed by atoms with E-state index in [-0.39, 0.29) is 24.6 Å². The van der Waals surface area contributed by atoms with Crippen molar-refractivity contribution in [3.8, 4) is 0 Å². The fourth-order valence-corrected chi connectivity index (χ4v) is 1.29. The van der Waals surface area contributed by atoms with Gasteiger partial charge in [-0.1, -0.05) is 30.3 Å². The molecule has 0 unspecified atom stereocenters. The molecule has 16 heavy (non-hydrogen) atoms. The van der Waals surface area contributed by atoms with E-state index in [4.69, 9.17) is 4.74 Å². The van der Waals surface area contributed by atoms with Crippen LogP contribution < -0.4 is 5.43 Å². The highest BCUT2D eigenvalue weighted by Gasteiger charge is 2.22. The summed E-state index contributed by atoms with van der Waals surface area (Å²) < 4.78 is 5.00. The zero-order chi connectivity index (χ0) is 11.4. The van der Waals surface area contributed by atoms with Crippen LogP contribution >= 0.6 is 0 Å². The second-order valence-corrected chi connectivity index (χ2v) is 3.33. The molecule has 0 saturated carbocycles. The van der Waals surface area contributed by atoms with Crippen molar-refractivity contribution >= 4 is 17.6 Å². The van der Waals surface area contributed by atoms with Gasteiger partial charge in [-0.15, -0.1) is 0 Å². The normalized spacial score (nSPS) is 14.2. The number of nitrogens with one attached hydrogen (secondary N) is 1. The highest BCUT2D eigenvalue weighted by Crippen LogP contribution is 2.03. The van der Waals surface area contributed by atoms with Crippen LogP contribution in [0.2, 0.25) is 0 Å². The third-order valence-electron chi connectivity index (χ3n) is 2.09. The molecule has 5 heteroatoms. The summed E-state index contributed by atoms with van der Waals surface area (Å²) in [6, 6.07) is 9.32. The van der Waals surface area contributed by atoms with E-state index in [0.717, 1.165) is 5.56 Å². The summed E-state index contributed by atoms with van der Waals surface area (Å²) >= 11 is 0. The van der Waals surface area contributed by atoms with Gasteiger partial charge in [0.25, 0.3) is 0 Å². The summed E-state index contributed by atoms with van der Waals surface area (Å²) in [7, 11) is 0. The molecule has 1 aliphatic heterocycles. The molecule has 0 bridgehead atoms. The summed E-state index contributed by atoms with van der Waals surface area (Å²) in [6.07, 6.45) is -0.00633. The molecule has 0 aliphatic carbocycles. The van der Waals surface area contributed by atoms with Gasteiger partial charge in [0.2, 0.25) is 5.91 Å². The molecule has 0 aromatic heterocycles. The number of hydrogen-bond donors (Lipinski definition) is 1. The van der Waals surface area contributed by atoms with Crippen LogP contribution in [0.25, 0.3) is 0 Å². The zero-order valence-corrected chi connectivity index (χ0v) is 8.47. The first-order valence-electron chi connectivity index (χ1n) is 4.82. The Morgan fingerprint density at radius 1 is 1.38 bits per heavy atom. The van der Waals surface area contributed by atoms with Crippen LogP contribution in [-0.2, 0) is 20.9 Å². The number of nitrogens with zero attached hydrogens (tertiary/aromatic N) is 1. The summed E-state index contributed by atoms with van der Waals surface area (Å²) in [5.41, 5.74) is 3.22. The van der Waals surface area contributed by atoms with Crippen molar-refractivity contribution in [2.24, 2.45) is 5.10 Å². The summed E-state index contributed by atoms with van der Waals surface area (Å²) in [4.78, 5) is 22.2. The van der Waals surface area contributed by atoms with Crippen molar-refractivity contribution in [3.05, 3.63) is 35.9 Å². The standard InChI is InChI=1S/C11H10N2O3/c14-10-6-9(12-13-10)11(15)16-7-8-4-2-1-3-5-8/h1-5H,6-7H2,(H,13,14). The molecule has 1 aromatic rings. The molecule has 1 aliphatic rings. The number of hydrogen-bond acceptors (Lipinski definition) is 4. The lowest BCUT2D eigenvalue weighted by molar-refractivity contribution is -0.137. The fraction of sp³-hybridized carbons (Fsp3) is 0.182. The molecular formula is C11H10N2O3. The van der Waals surface area contributed by atoms with Gasteiger partial charge < -0.3 is 4.74 Å². The molecule has 0 atom stereocenters. The molecule has 1 amide bonds. The predicted octanol–water partition coefficient (Wildman–Crippen LogP) is 0.606. The SMILES string of the molecule is O=C1CC(C(=O)OCc2ccccc2)=NN1. The first-order chi connectivity index (χ1) is 7.75. The van der Waals surface area contributed by atoms with Crippen molar-refractivity contribution in [2.45, 2.75) is 13.0 Å². The molecule has 1 N–H and O–H groups in total. The van der Waals surface area contributed by atoms with E-state index >= 15 is 0 Å². The van der Waals surface area contributed by atoms with Crippen molar-refractivity contribution in [1.29, 1.82) is 0 Å². The van der Waals surface area contributed by atoms with Crippen LogP contribution in [0.15, 0.2) is 35.4 Å². The topological polar surface area (TPSA) is 67.8 Å². The Morgan fingerprint density at radius 3 is 2.75 bits per heavy atom. The van der Waals surface area contributed by atoms with E-state index in [1.54, 1.807) is 0 Å². The van der Waals surface area contributed by atoms with E-state index in [0.29, 0.717) is 0 Å². The van der Waals surface area contributed by atoms with Gasteiger partial charge >= 0.3 is 5.97 Å². The molecule has 0 radical (unpaired) electrons. The smallest absolute Gasteiger partial charge is 0.355 e. The molecule has 0 spiro atoms. The summed E-state index contributed by atoms with van der Waals surface area (Å²) in [6.45, 7) is 0.187. The lowest BCUT2D eigenvalue weighted by Crippen LogP contribution is -2.16. The molecule has 0 fully saturated rings. The summed E-state index contributed by atoms with van der Waals surface area (Å²) in [5, 5.41) is 3.57. The van der Waals surface area contributed by atoms with Gasteiger partial charge in [0.15, 0.2) is 5.71 Å². The minimum atomic E-state index is -0.554. The van der Waals surface area contributed by atoms with Gasteiger partial charge in [0, 0.05) is 0 Å². The van der Waals surface area contributed by atoms with Gasteiger partial charge in [-0.2, -0.15) is 5.10 Å². The number of carbonyl (C=O) groups excluding carboxylic acids is 2. The Hall–Kier alpha value is -2.17. The van der Waals surface area contributed by atoms with Gasteiger partial charge in [0.1, 0.15) is 6.61 Å². The van der Waals surface area contributed by atoms with Crippen LogP contribution in [0.4, 0.5) is 0 Å². The Labute approximate surface area is 92.1 Å². The van der Waals surface area contributed by atoms with Gasteiger partial charge in [0.05, 0.1) is 6.42 Å². The van der Waals surface area contributed by atoms with Crippen LogP contribution in [-0.4, -0.2) is 17.6 Å². The molecule has 1 aromatic carbocycles. The van der Waals surface area contributed by atoms with Crippen molar-refractivity contribution in [2.75, 3.05) is 0 Å². The Kier molecular flexibility index (Phi) is 2.95. The molecular weight excluding hydrogens is 208 g/mol. The second-order valence-electron chi connectivity index (χ2n) is 3.33. The van der Waals surface area contributed by atoms with E-state index < -0.39 is 5.97 Å². The van der Waals surface area contributed by atoms with Gasteiger partial charge in [-0.25, -0.2) is 10.2 Å². The number of ether oxygens (including phenoxy) is 1. The number of esters is 1. The lowest BCUT2D eigenvalue weighted by atomic mass is 10.2. The lowest BCUT2D eigenvalue weighted by Gasteiger charge is -2.03. The number of rotatable bonds is 3. The monoisotopic (exact) mass is 218 g/mol. The number of benzene rings is 1. The van der Waals surface area contributed by atoms with Crippen LogP contribution in [0.1, 0.15) is 12.0 Å². The maximum absolute atomic E-state index is 11.4. The Morgan fingerprint density at radius 2 is 2.12 bits per heavy atom. The molecule has 2 rings (SSSR count). The van der Waals surface area contributed by atoms with Crippen molar-refractivity contribution < 1.29 is 14.3 Å². The zero-order valence-electron chi connectivity index (χ0n) is 8.47. The van der Waals surface area contributed by atoms with E-state index in [2.05, 4.69) is 10.5 Å². The highest BCUT2D eigenvalue weighted by molar-refractivity contribution is 6.41. The third kappa shape index (κ3) is 2.44. The van der Waals surface area contributed by atoms with E-state index in [1.807, 2.05) is 30.3 Å². The van der Waals surface area contributed by atoms with Crippen LogP contribution in [0.3, 0.4) is 0 Å². The second kappa shape index (κ2) is 4.57. The Bertz CT molecular complexity index is 440. The summed E-state index contributed by atoms with van der Waals surface area (Å²) in [5.74, 6) is -0.839. The maximum Gasteiger partial charge on any atom is 0.355 e. The van der Waals surface area contributed by atoms with Gasteiger partial charge in [-0.3, -0.25) is 4.79 Å². The molecule has 5 nitrogen and oxygen atoms in total. The Balaban J connectivity index is 1.87. The van der Waals surface area contributed by atoms with E-state index in [1.165, 1.54) is 0 Å². The fourth-order valence-electron chi connectivity index (χ4n) is 1.29. The van der Waals surface area contributed by atoms with Crippen LogP contribution in [0.5, 0.6) is 0 Å². The highest BCUT2D eigenvalue weighted by atomic mass is 16.5.